The lowest BCUT2D eigenvalue weighted by Gasteiger charge is -2.35. The summed E-state index contributed by atoms with van der Waals surface area (Å²) < 4.78 is 10.9. The fourth-order valence-corrected chi connectivity index (χ4v) is 1.65. The Hall–Kier alpha value is -0.650. The van der Waals surface area contributed by atoms with Crippen LogP contribution in [0.4, 0.5) is 0 Å². The van der Waals surface area contributed by atoms with Crippen LogP contribution in [0, 0.1) is 0 Å². The van der Waals surface area contributed by atoms with Crippen molar-refractivity contribution in [1.29, 1.82) is 0 Å². The number of amides is 1. The highest BCUT2D eigenvalue weighted by Crippen LogP contribution is 2.15. The summed E-state index contributed by atoms with van der Waals surface area (Å²) in [7, 11) is 0. The van der Waals surface area contributed by atoms with Crippen molar-refractivity contribution in [2.75, 3.05) is 13.2 Å². The van der Waals surface area contributed by atoms with E-state index in [9.17, 15) is 4.79 Å². The zero-order valence-electron chi connectivity index (χ0n) is 8.07. The summed E-state index contributed by atoms with van der Waals surface area (Å²) in [6.07, 6.45) is 3.09. The Morgan fingerprint density at radius 1 is 1.57 bits per heavy atom. The zero-order chi connectivity index (χ0) is 9.97. The first-order chi connectivity index (χ1) is 6.77. The maximum atomic E-state index is 10.8. The van der Waals surface area contributed by atoms with E-state index in [1.807, 2.05) is 0 Å². The Labute approximate surface area is 82.9 Å². The lowest BCUT2D eigenvalue weighted by atomic mass is 10.0. The third-order valence-electron chi connectivity index (χ3n) is 2.66. The molecule has 1 amide bonds. The molecule has 0 aliphatic carbocycles. The molecule has 3 N–H and O–H groups in total. The molecule has 0 aromatic heterocycles. The van der Waals surface area contributed by atoms with Gasteiger partial charge in [0.05, 0.1) is 12.6 Å². The van der Waals surface area contributed by atoms with E-state index in [0.29, 0.717) is 6.61 Å². The van der Waals surface area contributed by atoms with E-state index in [0.717, 1.165) is 25.9 Å². The summed E-state index contributed by atoms with van der Waals surface area (Å²) in [6, 6.07) is -0.438. The summed E-state index contributed by atoms with van der Waals surface area (Å²) >= 11 is 0. The Morgan fingerprint density at radius 2 is 2.43 bits per heavy atom. The molecule has 5 nitrogen and oxygen atoms in total. The molecule has 0 bridgehead atoms. The van der Waals surface area contributed by atoms with Crippen molar-refractivity contribution in [3.63, 3.8) is 0 Å². The van der Waals surface area contributed by atoms with Crippen LogP contribution in [0.3, 0.4) is 0 Å². The van der Waals surface area contributed by atoms with E-state index < -0.39 is 6.04 Å². The first kappa shape index (κ1) is 9.89. The second kappa shape index (κ2) is 4.25. The SMILES string of the molecule is NC1C(=O)NC1COC1CCCCO1. The molecule has 0 saturated carbocycles. The Bertz CT molecular complexity index is 216. The maximum Gasteiger partial charge on any atom is 0.239 e. The number of rotatable bonds is 3. The Kier molecular flexibility index (Phi) is 3.00. The monoisotopic (exact) mass is 200 g/mol. The van der Waals surface area contributed by atoms with E-state index in [2.05, 4.69) is 5.32 Å². The van der Waals surface area contributed by atoms with Crippen LogP contribution in [-0.4, -0.2) is 37.5 Å². The summed E-state index contributed by atoms with van der Waals surface area (Å²) in [5, 5.41) is 2.69. The quantitative estimate of drug-likeness (QED) is 0.594. The van der Waals surface area contributed by atoms with Crippen LogP contribution in [0.2, 0.25) is 0 Å². The van der Waals surface area contributed by atoms with Crippen molar-refractivity contribution in [2.24, 2.45) is 5.73 Å². The molecule has 2 aliphatic rings. The van der Waals surface area contributed by atoms with E-state index in [1.165, 1.54) is 0 Å². The molecule has 2 saturated heterocycles. The summed E-state index contributed by atoms with van der Waals surface area (Å²) in [6.45, 7) is 1.23. The molecule has 14 heavy (non-hydrogen) atoms. The van der Waals surface area contributed by atoms with Crippen molar-refractivity contribution in [1.82, 2.24) is 5.32 Å². The van der Waals surface area contributed by atoms with Gasteiger partial charge in [-0.05, 0) is 19.3 Å². The van der Waals surface area contributed by atoms with Crippen molar-refractivity contribution >= 4 is 5.91 Å². The van der Waals surface area contributed by atoms with Gasteiger partial charge in [0, 0.05) is 6.61 Å². The minimum atomic E-state index is -0.404. The van der Waals surface area contributed by atoms with E-state index in [-0.39, 0.29) is 18.2 Å². The first-order valence-electron chi connectivity index (χ1n) is 5.06. The van der Waals surface area contributed by atoms with Crippen LogP contribution in [0.5, 0.6) is 0 Å². The zero-order valence-corrected chi connectivity index (χ0v) is 8.07. The van der Waals surface area contributed by atoms with Gasteiger partial charge >= 0.3 is 0 Å². The minimum Gasteiger partial charge on any atom is -0.353 e. The molecule has 2 aliphatic heterocycles. The average molecular weight is 200 g/mol. The molecule has 2 rings (SSSR count). The van der Waals surface area contributed by atoms with E-state index in [4.69, 9.17) is 15.2 Å². The number of carbonyl (C=O) groups excluding carboxylic acids is 1. The number of ether oxygens (including phenoxy) is 2. The molecular weight excluding hydrogens is 184 g/mol. The van der Waals surface area contributed by atoms with Gasteiger partial charge in [-0.15, -0.1) is 0 Å². The normalized spacial score (nSPS) is 37.5. The molecule has 0 spiro atoms. The third-order valence-corrected chi connectivity index (χ3v) is 2.66. The fraction of sp³-hybridized carbons (Fsp3) is 0.889. The highest BCUT2D eigenvalue weighted by molar-refractivity contribution is 5.88. The number of hydrogen-bond acceptors (Lipinski definition) is 4. The molecule has 0 aromatic carbocycles. The molecule has 2 heterocycles. The van der Waals surface area contributed by atoms with Gasteiger partial charge in [-0.1, -0.05) is 0 Å². The van der Waals surface area contributed by atoms with Crippen LogP contribution in [0.1, 0.15) is 19.3 Å². The summed E-state index contributed by atoms with van der Waals surface area (Å²) in [5.41, 5.74) is 5.55. The molecule has 0 aromatic rings. The van der Waals surface area contributed by atoms with Gasteiger partial charge in [0.25, 0.3) is 0 Å². The summed E-state index contributed by atoms with van der Waals surface area (Å²) in [4.78, 5) is 10.8. The van der Waals surface area contributed by atoms with Gasteiger partial charge in [-0.3, -0.25) is 4.79 Å². The number of nitrogens with one attached hydrogen (secondary N) is 1. The maximum absolute atomic E-state index is 10.8. The number of β-lactam (4-membered cyclic amide) rings is 1. The van der Waals surface area contributed by atoms with Gasteiger partial charge in [-0.2, -0.15) is 0 Å². The molecule has 3 atom stereocenters. The third kappa shape index (κ3) is 2.05. The van der Waals surface area contributed by atoms with E-state index >= 15 is 0 Å². The Morgan fingerprint density at radius 3 is 3.00 bits per heavy atom. The first-order valence-corrected chi connectivity index (χ1v) is 5.06. The molecule has 80 valence electrons. The predicted octanol–water partition coefficient (Wildman–Crippen LogP) is -0.645. The molecular formula is C9H16N2O3. The van der Waals surface area contributed by atoms with Crippen molar-refractivity contribution in [3.05, 3.63) is 0 Å². The highest BCUT2D eigenvalue weighted by Gasteiger charge is 2.36. The highest BCUT2D eigenvalue weighted by atomic mass is 16.7. The van der Waals surface area contributed by atoms with Gasteiger partial charge in [-0.25, -0.2) is 0 Å². The number of nitrogens with two attached hydrogens (primary N) is 1. The molecule has 2 fully saturated rings. The standard InChI is InChI=1S/C9H16N2O3/c10-8-6(11-9(8)12)5-14-7-3-1-2-4-13-7/h6-8H,1-5,10H2,(H,11,12). The lowest BCUT2D eigenvalue weighted by Crippen LogP contribution is -2.68. The molecule has 5 heteroatoms. The largest absolute Gasteiger partial charge is 0.353 e. The van der Waals surface area contributed by atoms with E-state index in [1.54, 1.807) is 0 Å². The summed E-state index contributed by atoms with van der Waals surface area (Å²) in [5.74, 6) is -0.0943. The van der Waals surface area contributed by atoms with Crippen molar-refractivity contribution in [3.8, 4) is 0 Å². The smallest absolute Gasteiger partial charge is 0.239 e. The van der Waals surface area contributed by atoms with Crippen LogP contribution in [0.15, 0.2) is 0 Å². The number of hydrogen-bond donors (Lipinski definition) is 2. The van der Waals surface area contributed by atoms with Crippen LogP contribution in [0.25, 0.3) is 0 Å². The van der Waals surface area contributed by atoms with Gasteiger partial charge in [0.2, 0.25) is 5.91 Å². The second-order valence-corrected chi connectivity index (χ2v) is 3.77. The van der Waals surface area contributed by atoms with Crippen molar-refractivity contribution in [2.45, 2.75) is 37.6 Å². The van der Waals surface area contributed by atoms with Gasteiger partial charge < -0.3 is 20.5 Å². The predicted molar refractivity (Wildman–Crippen MR) is 49.4 cm³/mol. The molecule has 0 radical (unpaired) electrons. The van der Waals surface area contributed by atoms with Crippen molar-refractivity contribution < 1.29 is 14.3 Å². The van der Waals surface area contributed by atoms with Crippen LogP contribution < -0.4 is 11.1 Å². The fourth-order valence-electron chi connectivity index (χ4n) is 1.65. The van der Waals surface area contributed by atoms with Gasteiger partial charge in [0.1, 0.15) is 6.04 Å². The second-order valence-electron chi connectivity index (χ2n) is 3.77. The Balaban J connectivity index is 1.64. The van der Waals surface area contributed by atoms with Crippen LogP contribution >= 0.6 is 0 Å². The molecule has 3 unspecified atom stereocenters. The van der Waals surface area contributed by atoms with Gasteiger partial charge in [0.15, 0.2) is 6.29 Å². The topological polar surface area (TPSA) is 73.6 Å². The van der Waals surface area contributed by atoms with Crippen LogP contribution in [-0.2, 0) is 14.3 Å². The number of carbonyl (C=O) groups is 1. The average Bonchev–Trinajstić information content (AvgIpc) is 2.25. The lowest BCUT2D eigenvalue weighted by molar-refractivity contribution is -0.172. The minimum absolute atomic E-state index is 0.0342.